The maximum Gasteiger partial charge on any atom is 0.308 e. The first kappa shape index (κ1) is 13.9. The topological polar surface area (TPSA) is 63.3 Å². The monoisotopic (exact) mass is 233 g/mol. The van der Waals surface area contributed by atoms with Crippen LogP contribution >= 0.6 is 12.4 Å². The standard InChI is InChI=1S/C10H12FNO2.ClH/c11-9-3-1-2-7(5-9)4-8(6-12)10(13)14;/h1-3,5,8H,4,6,12H2,(H,13,14);1H. The van der Waals surface area contributed by atoms with E-state index in [4.69, 9.17) is 10.8 Å². The lowest BCUT2D eigenvalue weighted by Crippen LogP contribution is -2.25. The molecule has 0 aromatic heterocycles. The third-order valence-electron chi connectivity index (χ3n) is 2.00. The summed E-state index contributed by atoms with van der Waals surface area (Å²) in [6.07, 6.45) is 0.267. The van der Waals surface area contributed by atoms with E-state index >= 15 is 0 Å². The number of hydrogen-bond acceptors (Lipinski definition) is 2. The van der Waals surface area contributed by atoms with E-state index in [0.29, 0.717) is 5.56 Å². The van der Waals surface area contributed by atoms with Crippen LogP contribution in [0.5, 0.6) is 0 Å². The van der Waals surface area contributed by atoms with Gasteiger partial charge in [-0.2, -0.15) is 0 Å². The summed E-state index contributed by atoms with van der Waals surface area (Å²) in [6, 6.07) is 5.89. The summed E-state index contributed by atoms with van der Waals surface area (Å²) in [7, 11) is 0. The van der Waals surface area contributed by atoms with Crippen LogP contribution in [0.15, 0.2) is 24.3 Å². The molecule has 0 saturated carbocycles. The molecule has 1 aromatic rings. The summed E-state index contributed by atoms with van der Waals surface area (Å²) in [4.78, 5) is 10.6. The van der Waals surface area contributed by atoms with E-state index in [2.05, 4.69) is 0 Å². The molecule has 0 fully saturated rings. The Bertz CT molecular complexity index is 333. The molecule has 5 heteroatoms. The number of halogens is 2. The molecule has 0 aliphatic carbocycles. The van der Waals surface area contributed by atoms with E-state index in [0.717, 1.165) is 0 Å². The smallest absolute Gasteiger partial charge is 0.308 e. The van der Waals surface area contributed by atoms with Crippen LogP contribution in [-0.4, -0.2) is 17.6 Å². The van der Waals surface area contributed by atoms with Crippen LogP contribution in [0.4, 0.5) is 4.39 Å². The van der Waals surface area contributed by atoms with Gasteiger partial charge in [-0.05, 0) is 24.1 Å². The van der Waals surface area contributed by atoms with Gasteiger partial charge in [0.2, 0.25) is 0 Å². The third-order valence-corrected chi connectivity index (χ3v) is 2.00. The van der Waals surface area contributed by atoms with Crippen molar-refractivity contribution in [1.29, 1.82) is 0 Å². The number of aliphatic carboxylic acids is 1. The number of hydrogen-bond donors (Lipinski definition) is 2. The highest BCUT2D eigenvalue weighted by Gasteiger charge is 2.15. The van der Waals surface area contributed by atoms with Crippen LogP contribution in [0.25, 0.3) is 0 Å². The lowest BCUT2D eigenvalue weighted by molar-refractivity contribution is -0.141. The minimum absolute atomic E-state index is 0. The van der Waals surface area contributed by atoms with Gasteiger partial charge in [-0.3, -0.25) is 4.79 Å². The van der Waals surface area contributed by atoms with E-state index in [1.807, 2.05) is 0 Å². The van der Waals surface area contributed by atoms with Crippen molar-refractivity contribution in [1.82, 2.24) is 0 Å². The predicted molar refractivity (Wildman–Crippen MR) is 57.5 cm³/mol. The van der Waals surface area contributed by atoms with Crippen molar-refractivity contribution in [2.24, 2.45) is 11.7 Å². The summed E-state index contributed by atoms with van der Waals surface area (Å²) < 4.78 is 12.7. The lowest BCUT2D eigenvalue weighted by atomic mass is 10.00. The molecule has 0 aliphatic heterocycles. The Hall–Kier alpha value is -1.13. The van der Waals surface area contributed by atoms with Crippen LogP contribution in [0.1, 0.15) is 5.56 Å². The average Bonchev–Trinajstić information content (AvgIpc) is 2.14. The Kier molecular flexibility index (Phi) is 5.89. The van der Waals surface area contributed by atoms with Crippen molar-refractivity contribution in [3.05, 3.63) is 35.6 Å². The Morgan fingerprint density at radius 2 is 2.20 bits per heavy atom. The minimum atomic E-state index is -0.947. The van der Waals surface area contributed by atoms with Gasteiger partial charge in [-0.1, -0.05) is 12.1 Å². The number of nitrogens with two attached hydrogens (primary N) is 1. The van der Waals surface area contributed by atoms with E-state index in [1.165, 1.54) is 12.1 Å². The molecular formula is C10H13ClFNO2. The second-order valence-electron chi connectivity index (χ2n) is 3.10. The Morgan fingerprint density at radius 1 is 1.53 bits per heavy atom. The molecule has 3 N–H and O–H groups in total. The fraction of sp³-hybridized carbons (Fsp3) is 0.300. The predicted octanol–water partition coefficient (Wildman–Crippen LogP) is 1.45. The third kappa shape index (κ3) is 4.27. The number of carboxylic acid groups (broad SMARTS) is 1. The second kappa shape index (κ2) is 6.37. The first-order valence-electron chi connectivity index (χ1n) is 4.31. The largest absolute Gasteiger partial charge is 0.481 e. The molecule has 0 aliphatic rings. The van der Waals surface area contributed by atoms with Gasteiger partial charge in [0.25, 0.3) is 0 Å². The SMILES string of the molecule is Cl.NCC(Cc1cccc(F)c1)C(=O)O. The highest BCUT2D eigenvalue weighted by Crippen LogP contribution is 2.09. The van der Waals surface area contributed by atoms with Crippen LogP contribution in [-0.2, 0) is 11.2 Å². The van der Waals surface area contributed by atoms with Crippen LogP contribution in [0, 0.1) is 11.7 Å². The molecule has 0 radical (unpaired) electrons. The van der Waals surface area contributed by atoms with Gasteiger partial charge >= 0.3 is 5.97 Å². The average molecular weight is 234 g/mol. The molecule has 1 atom stereocenters. The molecule has 1 unspecified atom stereocenters. The van der Waals surface area contributed by atoms with E-state index in [1.54, 1.807) is 12.1 Å². The van der Waals surface area contributed by atoms with E-state index in [9.17, 15) is 9.18 Å². The number of carbonyl (C=O) groups is 1. The normalized spacial score (nSPS) is 11.6. The van der Waals surface area contributed by atoms with Gasteiger partial charge in [-0.15, -0.1) is 12.4 Å². The number of benzene rings is 1. The molecule has 84 valence electrons. The Labute approximate surface area is 93.5 Å². The molecule has 0 amide bonds. The molecule has 3 nitrogen and oxygen atoms in total. The van der Waals surface area contributed by atoms with Crippen molar-refractivity contribution in [3.8, 4) is 0 Å². The maximum absolute atomic E-state index is 12.7. The van der Waals surface area contributed by atoms with E-state index in [-0.39, 0.29) is 31.2 Å². The summed E-state index contributed by atoms with van der Waals surface area (Å²) >= 11 is 0. The molecule has 1 aromatic carbocycles. The van der Waals surface area contributed by atoms with Gasteiger partial charge in [0.15, 0.2) is 0 Å². The van der Waals surface area contributed by atoms with Gasteiger partial charge < -0.3 is 10.8 Å². The van der Waals surface area contributed by atoms with Crippen LogP contribution < -0.4 is 5.73 Å². The molecular weight excluding hydrogens is 221 g/mol. The van der Waals surface area contributed by atoms with Crippen molar-refractivity contribution >= 4 is 18.4 Å². The Morgan fingerprint density at radius 3 is 2.67 bits per heavy atom. The van der Waals surface area contributed by atoms with Crippen molar-refractivity contribution in [2.75, 3.05) is 6.54 Å². The van der Waals surface area contributed by atoms with Crippen molar-refractivity contribution < 1.29 is 14.3 Å². The molecule has 0 bridgehead atoms. The first-order valence-corrected chi connectivity index (χ1v) is 4.31. The van der Waals surface area contributed by atoms with Crippen LogP contribution in [0.3, 0.4) is 0 Å². The maximum atomic E-state index is 12.7. The van der Waals surface area contributed by atoms with Gasteiger partial charge in [-0.25, -0.2) is 4.39 Å². The van der Waals surface area contributed by atoms with Crippen LogP contribution in [0.2, 0.25) is 0 Å². The number of carboxylic acids is 1. The highest BCUT2D eigenvalue weighted by atomic mass is 35.5. The molecule has 0 spiro atoms. The van der Waals surface area contributed by atoms with Gasteiger partial charge in [0, 0.05) is 6.54 Å². The zero-order valence-electron chi connectivity index (χ0n) is 8.02. The summed E-state index contributed by atoms with van der Waals surface area (Å²) in [5.74, 6) is -1.95. The quantitative estimate of drug-likeness (QED) is 0.828. The molecule has 1 rings (SSSR count). The summed E-state index contributed by atoms with van der Waals surface area (Å²) in [5, 5.41) is 8.73. The first-order chi connectivity index (χ1) is 6.63. The fourth-order valence-electron chi connectivity index (χ4n) is 1.22. The number of rotatable bonds is 4. The van der Waals surface area contributed by atoms with Crippen molar-refractivity contribution in [3.63, 3.8) is 0 Å². The zero-order valence-corrected chi connectivity index (χ0v) is 8.84. The van der Waals surface area contributed by atoms with Gasteiger partial charge in [0.05, 0.1) is 5.92 Å². The summed E-state index contributed by atoms with van der Waals surface area (Å²) in [5.41, 5.74) is 5.94. The lowest BCUT2D eigenvalue weighted by Gasteiger charge is -2.08. The molecule has 0 heterocycles. The zero-order chi connectivity index (χ0) is 10.6. The molecule has 15 heavy (non-hydrogen) atoms. The second-order valence-corrected chi connectivity index (χ2v) is 3.10. The molecule has 0 saturated heterocycles. The van der Waals surface area contributed by atoms with E-state index < -0.39 is 11.9 Å². The minimum Gasteiger partial charge on any atom is -0.481 e. The summed E-state index contributed by atoms with van der Waals surface area (Å²) in [6.45, 7) is 0.0614. The fourth-order valence-corrected chi connectivity index (χ4v) is 1.22. The Balaban J connectivity index is 0.00000196. The van der Waals surface area contributed by atoms with Crippen molar-refractivity contribution in [2.45, 2.75) is 6.42 Å². The highest BCUT2D eigenvalue weighted by molar-refractivity contribution is 5.85. The van der Waals surface area contributed by atoms with Gasteiger partial charge in [0.1, 0.15) is 5.82 Å².